The zero-order valence-corrected chi connectivity index (χ0v) is 13.5. The Morgan fingerprint density at radius 2 is 2.00 bits per heavy atom. The Kier molecular flexibility index (Phi) is 4.88. The molecule has 0 aliphatic heterocycles. The van der Waals surface area contributed by atoms with E-state index in [0.29, 0.717) is 11.3 Å². The first-order chi connectivity index (χ1) is 12.0. The first-order valence-corrected chi connectivity index (χ1v) is 7.75. The molecule has 0 aliphatic carbocycles. The van der Waals surface area contributed by atoms with E-state index >= 15 is 0 Å². The molecule has 0 saturated carbocycles. The van der Waals surface area contributed by atoms with Gasteiger partial charge in [0.15, 0.2) is 6.61 Å². The molecule has 2 aromatic carbocycles. The maximum absolute atomic E-state index is 13.7. The summed E-state index contributed by atoms with van der Waals surface area (Å²) in [7, 11) is 0. The first-order valence-electron chi connectivity index (χ1n) is 7.75. The number of nitrogens with zero attached hydrogens (tertiary/aromatic N) is 1. The minimum Gasteiger partial charge on any atom is -0.481 e. The average molecular weight is 342 g/mol. The lowest BCUT2D eigenvalue weighted by atomic mass is 10.1. The van der Waals surface area contributed by atoms with Crippen LogP contribution in [0.1, 0.15) is 18.5 Å². The Morgan fingerprint density at radius 3 is 2.80 bits per heavy atom. The van der Waals surface area contributed by atoms with Crippen LogP contribution < -0.4 is 10.1 Å². The van der Waals surface area contributed by atoms with E-state index in [1.165, 1.54) is 6.07 Å². The van der Waals surface area contributed by atoms with Gasteiger partial charge in [0.2, 0.25) is 0 Å². The molecule has 128 valence electrons. The summed E-state index contributed by atoms with van der Waals surface area (Å²) >= 11 is 0. The third-order valence-corrected chi connectivity index (χ3v) is 3.76. The maximum Gasteiger partial charge on any atom is 0.258 e. The number of ether oxygens (including phenoxy) is 1. The van der Waals surface area contributed by atoms with Crippen LogP contribution in [0.5, 0.6) is 5.75 Å². The SMILES string of the molecule is C[C@@H](NC(=O)COc1cccc2cccnc12)c1ccc(F)cc1F. The quantitative estimate of drug-likeness (QED) is 0.768. The molecule has 6 heteroatoms. The van der Waals surface area contributed by atoms with Gasteiger partial charge in [0, 0.05) is 23.2 Å². The van der Waals surface area contributed by atoms with Crippen molar-refractivity contribution in [2.45, 2.75) is 13.0 Å². The number of benzene rings is 2. The number of carbonyl (C=O) groups is 1. The van der Waals surface area contributed by atoms with Crippen LogP contribution in [0.15, 0.2) is 54.7 Å². The number of halogens is 2. The summed E-state index contributed by atoms with van der Waals surface area (Å²) in [6.07, 6.45) is 1.65. The molecular formula is C19H16F2N2O2. The number of rotatable bonds is 5. The summed E-state index contributed by atoms with van der Waals surface area (Å²) in [5.74, 6) is -1.28. The molecule has 1 heterocycles. The molecule has 0 bridgehead atoms. The van der Waals surface area contributed by atoms with Gasteiger partial charge in [-0.2, -0.15) is 0 Å². The minimum atomic E-state index is -0.702. The summed E-state index contributed by atoms with van der Waals surface area (Å²) in [6, 6.07) is 11.8. The van der Waals surface area contributed by atoms with E-state index < -0.39 is 23.6 Å². The fraction of sp³-hybridized carbons (Fsp3) is 0.158. The standard InChI is InChI=1S/C19H16F2N2O2/c1-12(15-8-7-14(20)10-16(15)21)23-18(24)11-25-17-6-2-4-13-5-3-9-22-19(13)17/h2-10,12H,11H2,1H3,(H,23,24)/t12-/m1/s1. The van der Waals surface area contributed by atoms with Crippen molar-refractivity contribution in [1.29, 1.82) is 0 Å². The number of pyridine rings is 1. The molecule has 4 nitrogen and oxygen atoms in total. The lowest BCUT2D eigenvalue weighted by Crippen LogP contribution is -2.31. The van der Waals surface area contributed by atoms with Crippen molar-refractivity contribution in [3.63, 3.8) is 0 Å². The van der Waals surface area contributed by atoms with Gasteiger partial charge in [0.25, 0.3) is 5.91 Å². The van der Waals surface area contributed by atoms with Crippen LogP contribution in [0.25, 0.3) is 10.9 Å². The van der Waals surface area contributed by atoms with Gasteiger partial charge in [-0.05, 0) is 25.1 Å². The second-order valence-corrected chi connectivity index (χ2v) is 5.57. The van der Waals surface area contributed by atoms with E-state index in [-0.39, 0.29) is 12.2 Å². The smallest absolute Gasteiger partial charge is 0.258 e. The summed E-state index contributed by atoms with van der Waals surface area (Å²) in [5.41, 5.74) is 0.872. The zero-order chi connectivity index (χ0) is 17.8. The Balaban J connectivity index is 1.64. The molecule has 25 heavy (non-hydrogen) atoms. The van der Waals surface area contributed by atoms with Crippen LogP contribution in [0, 0.1) is 11.6 Å². The Bertz CT molecular complexity index is 910. The molecule has 3 rings (SSSR count). The molecule has 1 atom stereocenters. The highest BCUT2D eigenvalue weighted by Crippen LogP contribution is 2.23. The Labute approximate surface area is 143 Å². The highest BCUT2D eigenvalue weighted by molar-refractivity contribution is 5.85. The Morgan fingerprint density at radius 1 is 1.20 bits per heavy atom. The molecular weight excluding hydrogens is 326 g/mol. The normalized spacial score (nSPS) is 12.0. The molecule has 0 radical (unpaired) electrons. The number of para-hydroxylation sites is 1. The first kappa shape index (κ1) is 16.8. The second-order valence-electron chi connectivity index (χ2n) is 5.57. The molecule has 0 aliphatic rings. The number of fused-ring (bicyclic) bond motifs is 1. The minimum absolute atomic E-state index is 0.210. The summed E-state index contributed by atoms with van der Waals surface area (Å²) in [5, 5.41) is 3.53. The summed E-state index contributed by atoms with van der Waals surface area (Å²) in [4.78, 5) is 16.3. The molecule has 0 saturated heterocycles. The van der Waals surface area contributed by atoms with Crippen LogP contribution in [0.3, 0.4) is 0 Å². The van der Waals surface area contributed by atoms with Gasteiger partial charge < -0.3 is 10.1 Å². The molecule has 1 N–H and O–H groups in total. The van der Waals surface area contributed by atoms with Gasteiger partial charge in [-0.15, -0.1) is 0 Å². The number of hydrogen-bond donors (Lipinski definition) is 1. The Hall–Kier alpha value is -3.02. The van der Waals surface area contributed by atoms with Crippen molar-refractivity contribution in [2.75, 3.05) is 6.61 Å². The van der Waals surface area contributed by atoms with Gasteiger partial charge in [-0.3, -0.25) is 9.78 Å². The number of hydrogen-bond acceptors (Lipinski definition) is 3. The lowest BCUT2D eigenvalue weighted by molar-refractivity contribution is -0.123. The van der Waals surface area contributed by atoms with Crippen LogP contribution in [0.4, 0.5) is 8.78 Å². The number of nitrogens with one attached hydrogen (secondary N) is 1. The molecule has 0 spiro atoms. The van der Waals surface area contributed by atoms with Crippen molar-refractivity contribution >= 4 is 16.8 Å². The van der Waals surface area contributed by atoms with Gasteiger partial charge >= 0.3 is 0 Å². The molecule has 3 aromatic rings. The number of amides is 1. The predicted molar refractivity (Wildman–Crippen MR) is 90.2 cm³/mol. The molecule has 0 unspecified atom stereocenters. The van der Waals surface area contributed by atoms with Crippen molar-refractivity contribution < 1.29 is 18.3 Å². The fourth-order valence-electron chi connectivity index (χ4n) is 2.55. The van der Waals surface area contributed by atoms with Gasteiger partial charge in [-0.25, -0.2) is 8.78 Å². The largest absolute Gasteiger partial charge is 0.481 e. The van der Waals surface area contributed by atoms with E-state index in [1.54, 1.807) is 19.2 Å². The molecule has 1 aromatic heterocycles. The van der Waals surface area contributed by atoms with Gasteiger partial charge in [0.05, 0.1) is 6.04 Å². The lowest BCUT2D eigenvalue weighted by Gasteiger charge is -2.15. The number of aromatic nitrogens is 1. The predicted octanol–water partition coefficient (Wildman–Crippen LogP) is 3.77. The summed E-state index contributed by atoms with van der Waals surface area (Å²) in [6.45, 7) is 1.39. The maximum atomic E-state index is 13.7. The van der Waals surface area contributed by atoms with Crippen molar-refractivity contribution in [1.82, 2.24) is 10.3 Å². The average Bonchev–Trinajstić information content (AvgIpc) is 2.59. The summed E-state index contributed by atoms with van der Waals surface area (Å²) < 4.78 is 32.2. The van der Waals surface area contributed by atoms with Crippen LogP contribution in [0.2, 0.25) is 0 Å². The monoisotopic (exact) mass is 342 g/mol. The highest BCUT2D eigenvalue weighted by Gasteiger charge is 2.15. The van der Waals surface area contributed by atoms with Gasteiger partial charge in [0.1, 0.15) is 22.9 Å². The van der Waals surface area contributed by atoms with Crippen molar-refractivity contribution in [2.24, 2.45) is 0 Å². The van der Waals surface area contributed by atoms with Crippen LogP contribution >= 0.6 is 0 Å². The highest BCUT2D eigenvalue weighted by atomic mass is 19.1. The van der Waals surface area contributed by atoms with Crippen LogP contribution in [-0.4, -0.2) is 17.5 Å². The molecule has 1 amide bonds. The van der Waals surface area contributed by atoms with E-state index in [4.69, 9.17) is 4.74 Å². The second kappa shape index (κ2) is 7.25. The van der Waals surface area contributed by atoms with E-state index in [2.05, 4.69) is 10.3 Å². The fourth-order valence-corrected chi connectivity index (χ4v) is 2.55. The van der Waals surface area contributed by atoms with Crippen LogP contribution in [-0.2, 0) is 4.79 Å². The zero-order valence-electron chi connectivity index (χ0n) is 13.5. The van der Waals surface area contributed by atoms with Crippen molar-refractivity contribution in [3.05, 3.63) is 71.9 Å². The number of carbonyl (C=O) groups excluding carboxylic acids is 1. The van der Waals surface area contributed by atoms with Gasteiger partial charge in [-0.1, -0.05) is 24.3 Å². The van der Waals surface area contributed by atoms with Crippen molar-refractivity contribution in [3.8, 4) is 5.75 Å². The third-order valence-electron chi connectivity index (χ3n) is 3.76. The molecule has 0 fully saturated rings. The van der Waals surface area contributed by atoms with E-state index in [1.807, 2.05) is 24.3 Å². The topological polar surface area (TPSA) is 51.2 Å². The van der Waals surface area contributed by atoms with E-state index in [0.717, 1.165) is 17.5 Å². The third kappa shape index (κ3) is 3.91. The van der Waals surface area contributed by atoms with E-state index in [9.17, 15) is 13.6 Å².